The first-order valence-electron chi connectivity index (χ1n) is 7.58. The summed E-state index contributed by atoms with van der Waals surface area (Å²) in [6.45, 7) is 0. The number of benzene rings is 2. The van der Waals surface area contributed by atoms with E-state index in [1.54, 1.807) is 0 Å². The molecule has 0 aliphatic rings. The third-order valence-electron chi connectivity index (χ3n) is 4.08. The number of nitrogens with zero attached hydrogens (tertiary/aromatic N) is 2. The van der Waals surface area contributed by atoms with Crippen molar-refractivity contribution in [2.45, 2.75) is 0 Å². The maximum atomic E-state index is 8.94. The Hall–Kier alpha value is -3.58. The second-order valence-electron chi connectivity index (χ2n) is 5.64. The van der Waals surface area contributed by atoms with Crippen LogP contribution in [-0.2, 0) is 0 Å². The highest BCUT2D eigenvalue weighted by atomic mass is 14.8. The Morgan fingerprint density at radius 1 is 0.958 bits per heavy atom. The first-order chi connectivity index (χ1) is 11.7. The molecular weight excluding hydrogens is 296 g/mol. The molecule has 4 aromatic rings. The van der Waals surface area contributed by atoms with E-state index in [2.05, 4.69) is 22.1 Å². The van der Waals surface area contributed by atoms with Crippen LogP contribution in [-0.4, -0.2) is 9.97 Å². The number of hydrogen-bond acceptors (Lipinski definition) is 3. The van der Waals surface area contributed by atoms with Crippen molar-refractivity contribution in [2.24, 2.45) is 0 Å². The molecule has 0 bridgehead atoms. The van der Waals surface area contributed by atoms with Crippen molar-refractivity contribution >= 4 is 16.7 Å². The first-order valence-corrected chi connectivity index (χ1v) is 7.58. The van der Waals surface area contributed by atoms with Crippen LogP contribution in [0.5, 0.6) is 0 Å². The van der Waals surface area contributed by atoms with Gasteiger partial charge in [-0.1, -0.05) is 24.3 Å². The van der Waals surface area contributed by atoms with Crippen LogP contribution in [0.1, 0.15) is 5.56 Å². The minimum Gasteiger partial charge on any atom is -0.399 e. The van der Waals surface area contributed by atoms with Crippen LogP contribution in [0.15, 0.2) is 67.0 Å². The number of pyridine rings is 1. The summed E-state index contributed by atoms with van der Waals surface area (Å²) in [5.74, 6) is 0. The number of aromatic nitrogens is 2. The lowest BCUT2D eigenvalue weighted by atomic mass is 10.0. The van der Waals surface area contributed by atoms with E-state index in [1.165, 1.54) is 0 Å². The molecule has 0 radical (unpaired) electrons. The van der Waals surface area contributed by atoms with Gasteiger partial charge in [0.1, 0.15) is 5.65 Å². The van der Waals surface area contributed by atoms with Gasteiger partial charge in [-0.2, -0.15) is 5.26 Å². The van der Waals surface area contributed by atoms with Gasteiger partial charge in [-0.3, -0.25) is 0 Å². The third kappa shape index (κ3) is 2.38. The van der Waals surface area contributed by atoms with Gasteiger partial charge in [-0.15, -0.1) is 0 Å². The van der Waals surface area contributed by atoms with Crippen molar-refractivity contribution in [2.75, 3.05) is 5.73 Å². The Labute approximate surface area is 139 Å². The molecule has 0 unspecified atom stereocenters. The van der Waals surface area contributed by atoms with Gasteiger partial charge >= 0.3 is 0 Å². The van der Waals surface area contributed by atoms with E-state index >= 15 is 0 Å². The molecule has 2 heterocycles. The van der Waals surface area contributed by atoms with E-state index in [0.29, 0.717) is 5.56 Å². The lowest BCUT2D eigenvalue weighted by molar-refractivity contribution is 1.33. The standard InChI is InChI=1S/C20H14N4/c21-10-13-4-6-14(7-5-13)19-12-24-20-18(19)9-16(11-23-20)15-2-1-3-17(22)8-15/h1-9,11-12H,22H2,(H,23,24). The van der Waals surface area contributed by atoms with Crippen LogP contribution >= 0.6 is 0 Å². The highest BCUT2D eigenvalue weighted by molar-refractivity contribution is 5.95. The fourth-order valence-corrected chi connectivity index (χ4v) is 2.84. The van der Waals surface area contributed by atoms with Gasteiger partial charge in [-0.05, 0) is 41.5 Å². The van der Waals surface area contributed by atoms with Crippen LogP contribution < -0.4 is 5.73 Å². The molecule has 0 aliphatic heterocycles. The molecule has 0 atom stereocenters. The van der Waals surface area contributed by atoms with Crippen LogP contribution in [0.2, 0.25) is 0 Å². The van der Waals surface area contributed by atoms with E-state index < -0.39 is 0 Å². The lowest BCUT2D eigenvalue weighted by Crippen LogP contribution is -1.86. The van der Waals surface area contributed by atoms with Crippen LogP contribution in [0, 0.1) is 11.3 Å². The zero-order valence-corrected chi connectivity index (χ0v) is 12.8. The summed E-state index contributed by atoms with van der Waals surface area (Å²) in [5, 5.41) is 9.98. The second-order valence-corrected chi connectivity index (χ2v) is 5.64. The molecule has 0 amide bonds. The molecule has 0 spiro atoms. The molecule has 114 valence electrons. The molecule has 24 heavy (non-hydrogen) atoms. The second kappa shape index (κ2) is 5.56. The summed E-state index contributed by atoms with van der Waals surface area (Å²) in [4.78, 5) is 7.72. The van der Waals surface area contributed by atoms with E-state index in [1.807, 2.05) is 60.9 Å². The van der Waals surface area contributed by atoms with E-state index in [-0.39, 0.29) is 0 Å². The maximum Gasteiger partial charge on any atom is 0.137 e. The van der Waals surface area contributed by atoms with Crippen LogP contribution in [0.4, 0.5) is 5.69 Å². The average Bonchev–Trinajstić information content (AvgIpc) is 3.05. The fourth-order valence-electron chi connectivity index (χ4n) is 2.84. The summed E-state index contributed by atoms with van der Waals surface area (Å²) < 4.78 is 0. The summed E-state index contributed by atoms with van der Waals surface area (Å²) in [5.41, 5.74) is 12.3. The van der Waals surface area contributed by atoms with E-state index in [4.69, 9.17) is 11.0 Å². The number of nitrogen functional groups attached to an aromatic ring is 1. The number of H-pyrrole nitrogens is 1. The van der Waals surface area contributed by atoms with Crippen molar-refractivity contribution in [3.8, 4) is 28.3 Å². The molecule has 0 saturated carbocycles. The average molecular weight is 310 g/mol. The van der Waals surface area contributed by atoms with Crippen molar-refractivity contribution in [3.05, 3.63) is 72.6 Å². The zero-order chi connectivity index (χ0) is 16.5. The van der Waals surface area contributed by atoms with Crippen molar-refractivity contribution in [1.82, 2.24) is 9.97 Å². The summed E-state index contributed by atoms with van der Waals surface area (Å²) >= 11 is 0. The van der Waals surface area contributed by atoms with Crippen LogP contribution in [0.3, 0.4) is 0 Å². The highest BCUT2D eigenvalue weighted by Crippen LogP contribution is 2.31. The maximum absolute atomic E-state index is 8.94. The Balaban J connectivity index is 1.85. The predicted octanol–water partition coefficient (Wildman–Crippen LogP) is 4.35. The van der Waals surface area contributed by atoms with Gasteiger partial charge in [0.05, 0.1) is 11.6 Å². The van der Waals surface area contributed by atoms with E-state index in [9.17, 15) is 0 Å². The SMILES string of the molecule is N#Cc1ccc(-c2c[nH]c3ncc(-c4cccc(N)c4)cc23)cc1. The molecular formula is C20H14N4. The summed E-state index contributed by atoms with van der Waals surface area (Å²) in [6, 6.07) is 19.6. The third-order valence-corrected chi connectivity index (χ3v) is 4.08. The molecule has 2 aromatic heterocycles. The molecule has 4 nitrogen and oxygen atoms in total. The first kappa shape index (κ1) is 14.0. The molecule has 3 N–H and O–H groups in total. The molecule has 4 heteroatoms. The Kier molecular flexibility index (Phi) is 3.25. The smallest absolute Gasteiger partial charge is 0.137 e. The quantitative estimate of drug-likeness (QED) is 0.540. The molecule has 0 fully saturated rings. The number of nitriles is 1. The van der Waals surface area contributed by atoms with E-state index in [0.717, 1.165) is 39.0 Å². The number of fused-ring (bicyclic) bond motifs is 1. The van der Waals surface area contributed by atoms with Gasteiger partial charge in [-0.25, -0.2) is 4.98 Å². The summed E-state index contributed by atoms with van der Waals surface area (Å²) in [6.07, 6.45) is 3.79. The minimum atomic E-state index is 0.650. The normalized spacial score (nSPS) is 10.6. The topological polar surface area (TPSA) is 78.5 Å². The van der Waals surface area contributed by atoms with Gasteiger partial charge < -0.3 is 10.7 Å². The Bertz CT molecular complexity index is 1070. The Morgan fingerprint density at radius 2 is 1.79 bits per heavy atom. The zero-order valence-electron chi connectivity index (χ0n) is 12.8. The molecule has 0 aliphatic carbocycles. The fraction of sp³-hybridized carbons (Fsp3) is 0. The van der Waals surface area contributed by atoms with Gasteiger partial charge in [0.2, 0.25) is 0 Å². The number of nitrogens with two attached hydrogens (primary N) is 1. The van der Waals surface area contributed by atoms with Crippen molar-refractivity contribution in [3.63, 3.8) is 0 Å². The lowest BCUT2D eigenvalue weighted by Gasteiger charge is -2.04. The summed E-state index contributed by atoms with van der Waals surface area (Å²) in [7, 11) is 0. The van der Waals surface area contributed by atoms with Crippen molar-refractivity contribution in [1.29, 1.82) is 5.26 Å². The van der Waals surface area contributed by atoms with Gasteiger partial charge in [0.15, 0.2) is 0 Å². The van der Waals surface area contributed by atoms with Crippen molar-refractivity contribution < 1.29 is 0 Å². The number of hydrogen-bond donors (Lipinski definition) is 2. The minimum absolute atomic E-state index is 0.650. The number of anilines is 1. The monoisotopic (exact) mass is 310 g/mol. The largest absolute Gasteiger partial charge is 0.399 e. The Morgan fingerprint density at radius 3 is 2.54 bits per heavy atom. The number of rotatable bonds is 2. The van der Waals surface area contributed by atoms with Gasteiger partial charge in [0.25, 0.3) is 0 Å². The van der Waals surface area contributed by atoms with Crippen LogP contribution in [0.25, 0.3) is 33.3 Å². The molecule has 2 aromatic carbocycles. The number of nitrogens with one attached hydrogen (secondary N) is 1. The molecule has 4 rings (SSSR count). The van der Waals surface area contributed by atoms with Gasteiger partial charge in [0, 0.05) is 34.6 Å². The molecule has 0 saturated heterocycles. The number of aromatic amines is 1. The highest BCUT2D eigenvalue weighted by Gasteiger charge is 2.09. The predicted molar refractivity (Wildman–Crippen MR) is 96.1 cm³/mol.